The molecule has 0 unspecified atom stereocenters. The molecule has 0 aliphatic heterocycles. The summed E-state index contributed by atoms with van der Waals surface area (Å²) in [5, 5.41) is 3.07. The van der Waals surface area contributed by atoms with Crippen LogP contribution in [0.2, 0.25) is 0 Å². The van der Waals surface area contributed by atoms with E-state index in [0.29, 0.717) is 18.0 Å². The van der Waals surface area contributed by atoms with Crippen molar-refractivity contribution in [3.63, 3.8) is 0 Å². The first-order chi connectivity index (χ1) is 6.77. The summed E-state index contributed by atoms with van der Waals surface area (Å²) < 4.78 is 4.60. The minimum Gasteiger partial charge on any atom is -0.465 e. The Balaban J connectivity index is 2.73. The van der Waals surface area contributed by atoms with Gasteiger partial charge in [0.2, 0.25) is 0 Å². The molecule has 4 heteroatoms. The van der Waals surface area contributed by atoms with Gasteiger partial charge < -0.3 is 10.1 Å². The summed E-state index contributed by atoms with van der Waals surface area (Å²) in [6.45, 7) is 0.673. The molecule has 0 radical (unpaired) electrons. The number of hydrogen-bond donors (Lipinski definition) is 1. The van der Waals surface area contributed by atoms with Gasteiger partial charge in [-0.15, -0.1) is 11.6 Å². The van der Waals surface area contributed by atoms with Crippen LogP contribution in [0, 0.1) is 0 Å². The fraction of sp³-hybridized carbons (Fsp3) is 0.300. The smallest absolute Gasteiger partial charge is 0.337 e. The lowest BCUT2D eigenvalue weighted by Crippen LogP contribution is -2.05. The quantitative estimate of drug-likeness (QED) is 0.615. The number of hydrogen-bond acceptors (Lipinski definition) is 3. The molecule has 0 atom stereocenters. The van der Waals surface area contributed by atoms with E-state index in [4.69, 9.17) is 11.6 Å². The number of benzene rings is 1. The van der Waals surface area contributed by atoms with Gasteiger partial charge in [-0.25, -0.2) is 4.79 Å². The minimum absolute atomic E-state index is 0.334. The third kappa shape index (κ3) is 2.92. The second kappa shape index (κ2) is 5.50. The van der Waals surface area contributed by atoms with Crippen molar-refractivity contribution in [3.05, 3.63) is 29.8 Å². The molecule has 76 valence electrons. The normalized spacial score (nSPS) is 9.57. The van der Waals surface area contributed by atoms with Gasteiger partial charge in [-0.05, 0) is 18.2 Å². The number of methoxy groups -OCH3 is 1. The number of carbonyl (C=O) groups excluding carboxylic acids is 1. The van der Waals surface area contributed by atoms with Crippen LogP contribution in [0.15, 0.2) is 24.3 Å². The zero-order valence-corrected chi connectivity index (χ0v) is 8.67. The molecule has 1 aromatic carbocycles. The first-order valence-corrected chi connectivity index (χ1v) is 4.79. The maximum atomic E-state index is 11.2. The van der Waals surface area contributed by atoms with Crippen LogP contribution in [-0.2, 0) is 4.74 Å². The van der Waals surface area contributed by atoms with Gasteiger partial charge in [0.25, 0.3) is 0 Å². The van der Waals surface area contributed by atoms with Crippen molar-refractivity contribution >= 4 is 23.3 Å². The second-order valence-corrected chi connectivity index (χ2v) is 3.07. The Morgan fingerprint density at radius 3 is 3.00 bits per heavy atom. The van der Waals surface area contributed by atoms with Gasteiger partial charge in [0.15, 0.2) is 0 Å². The predicted octanol–water partition coefficient (Wildman–Crippen LogP) is 2.12. The molecular weight excluding hydrogens is 202 g/mol. The number of anilines is 1. The standard InChI is InChI=1S/C10H12ClNO2/c1-14-10(13)8-3-2-4-9(7-8)12-6-5-11/h2-4,7,12H,5-6H2,1H3. The summed E-state index contributed by atoms with van der Waals surface area (Å²) in [4.78, 5) is 11.2. The van der Waals surface area contributed by atoms with Gasteiger partial charge >= 0.3 is 5.97 Å². The molecule has 0 saturated heterocycles. The molecule has 1 aromatic rings. The number of carbonyl (C=O) groups is 1. The highest BCUT2D eigenvalue weighted by Gasteiger charge is 2.04. The molecule has 0 aliphatic rings. The molecule has 0 heterocycles. The Morgan fingerprint density at radius 1 is 1.57 bits per heavy atom. The van der Waals surface area contributed by atoms with Crippen molar-refractivity contribution in [2.45, 2.75) is 0 Å². The number of halogens is 1. The van der Waals surface area contributed by atoms with Gasteiger partial charge in [0.1, 0.15) is 0 Å². The van der Waals surface area contributed by atoms with Crippen LogP contribution in [-0.4, -0.2) is 25.5 Å². The number of nitrogens with one attached hydrogen (secondary N) is 1. The van der Waals surface area contributed by atoms with E-state index >= 15 is 0 Å². The van der Waals surface area contributed by atoms with Crippen molar-refractivity contribution in [3.8, 4) is 0 Å². The lowest BCUT2D eigenvalue weighted by molar-refractivity contribution is 0.0601. The summed E-state index contributed by atoms with van der Waals surface area (Å²) in [6.07, 6.45) is 0. The van der Waals surface area contributed by atoms with Crippen LogP contribution in [0.3, 0.4) is 0 Å². The Hall–Kier alpha value is -1.22. The van der Waals surface area contributed by atoms with Crippen LogP contribution < -0.4 is 5.32 Å². The van der Waals surface area contributed by atoms with E-state index in [1.54, 1.807) is 18.2 Å². The third-order valence-electron chi connectivity index (χ3n) is 1.71. The van der Waals surface area contributed by atoms with Gasteiger partial charge in [0.05, 0.1) is 12.7 Å². The Morgan fingerprint density at radius 2 is 2.36 bits per heavy atom. The maximum absolute atomic E-state index is 11.2. The average Bonchev–Trinajstić information content (AvgIpc) is 2.25. The van der Waals surface area contributed by atoms with E-state index in [9.17, 15) is 4.79 Å². The molecule has 0 spiro atoms. The van der Waals surface area contributed by atoms with E-state index in [0.717, 1.165) is 5.69 Å². The average molecular weight is 214 g/mol. The number of ether oxygens (including phenoxy) is 1. The number of rotatable bonds is 4. The zero-order valence-electron chi connectivity index (χ0n) is 7.92. The van der Waals surface area contributed by atoms with E-state index < -0.39 is 0 Å². The van der Waals surface area contributed by atoms with E-state index in [-0.39, 0.29) is 5.97 Å². The maximum Gasteiger partial charge on any atom is 0.337 e. The highest BCUT2D eigenvalue weighted by atomic mass is 35.5. The molecule has 0 aliphatic carbocycles. The molecular formula is C10H12ClNO2. The molecule has 3 nitrogen and oxygen atoms in total. The summed E-state index contributed by atoms with van der Waals surface area (Å²) in [5.41, 5.74) is 1.40. The van der Waals surface area contributed by atoms with Crippen molar-refractivity contribution < 1.29 is 9.53 Å². The van der Waals surface area contributed by atoms with Crippen LogP contribution >= 0.6 is 11.6 Å². The molecule has 1 N–H and O–H groups in total. The Bertz CT molecular complexity index is 315. The number of esters is 1. The first-order valence-electron chi connectivity index (χ1n) is 4.26. The van der Waals surface area contributed by atoms with Crippen molar-refractivity contribution in [2.75, 3.05) is 24.9 Å². The van der Waals surface area contributed by atoms with Gasteiger partial charge in [-0.3, -0.25) is 0 Å². The second-order valence-electron chi connectivity index (χ2n) is 2.69. The molecule has 0 amide bonds. The first kappa shape index (κ1) is 10.9. The molecule has 1 rings (SSSR count). The van der Waals surface area contributed by atoms with Gasteiger partial charge in [-0.1, -0.05) is 6.07 Å². The van der Waals surface area contributed by atoms with Crippen LogP contribution in [0.1, 0.15) is 10.4 Å². The van der Waals surface area contributed by atoms with Crippen LogP contribution in [0.4, 0.5) is 5.69 Å². The largest absolute Gasteiger partial charge is 0.465 e. The Labute approximate surface area is 88.0 Å². The fourth-order valence-electron chi connectivity index (χ4n) is 1.07. The van der Waals surface area contributed by atoms with Crippen molar-refractivity contribution in [2.24, 2.45) is 0 Å². The highest BCUT2D eigenvalue weighted by molar-refractivity contribution is 6.18. The monoisotopic (exact) mass is 213 g/mol. The highest BCUT2D eigenvalue weighted by Crippen LogP contribution is 2.11. The van der Waals surface area contributed by atoms with Gasteiger partial charge in [-0.2, -0.15) is 0 Å². The molecule has 0 fully saturated rings. The molecule has 0 bridgehead atoms. The number of alkyl halides is 1. The zero-order chi connectivity index (χ0) is 10.4. The summed E-state index contributed by atoms with van der Waals surface area (Å²) >= 11 is 5.53. The molecule has 0 saturated carbocycles. The van der Waals surface area contributed by atoms with Crippen LogP contribution in [0.5, 0.6) is 0 Å². The summed E-state index contributed by atoms with van der Waals surface area (Å²) in [6, 6.07) is 7.11. The summed E-state index contributed by atoms with van der Waals surface area (Å²) in [5.74, 6) is 0.196. The predicted molar refractivity (Wildman–Crippen MR) is 57.0 cm³/mol. The SMILES string of the molecule is COC(=O)c1cccc(NCCCl)c1. The van der Waals surface area contributed by atoms with E-state index in [1.165, 1.54) is 7.11 Å². The van der Waals surface area contributed by atoms with E-state index in [1.807, 2.05) is 6.07 Å². The Kier molecular flexibility index (Phi) is 4.26. The lowest BCUT2D eigenvalue weighted by Gasteiger charge is -2.05. The fourth-order valence-corrected chi connectivity index (χ4v) is 1.16. The van der Waals surface area contributed by atoms with Crippen molar-refractivity contribution in [1.29, 1.82) is 0 Å². The van der Waals surface area contributed by atoms with E-state index in [2.05, 4.69) is 10.1 Å². The van der Waals surface area contributed by atoms with Crippen molar-refractivity contribution in [1.82, 2.24) is 0 Å². The third-order valence-corrected chi connectivity index (χ3v) is 1.90. The van der Waals surface area contributed by atoms with Crippen LogP contribution in [0.25, 0.3) is 0 Å². The molecule has 14 heavy (non-hydrogen) atoms. The topological polar surface area (TPSA) is 38.3 Å². The molecule has 0 aromatic heterocycles. The van der Waals surface area contributed by atoms with Gasteiger partial charge in [0, 0.05) is 18.1 Å². The lowest BCUT2D eigenvalue weighted by atomic mass is 10.2. The summed E-state index contributed by atoms with van der Waals surface area (Å²) in [7, 11) is 1.36. The minimum atomic E-state index is -0.334.